The van der Waals surface area contributed by atoms with Gasteiger partial charge >= 0.3 is 0 Å². The number of hydrogen-bond donors (Lipinski definition) is 2. The molecule has 1 heterocycles. The van der Waals surface area contributed by atoms with Crippen LogP contribution >= 0.6 is 12.4 Å². The van der Waals surface area contributed by atoms with Gasteiger partial charge in [0.25, 0.3) is 5.91 Å². The Hall–Kier alpha value is -1.46. The summed E-state index contributed by atoms with van der Waals surface area (Å²) in [7, 11) is 0. The van der Waals surface area contributed by atoms with E-state index in [4.69, 9.17) is 9.47 Å². The topological polar surface area (TPSA) is 59.6 Å². The van der Waals surface area contributed by atoms with Crippen LogP contribution in [0.15, 0.2) is 18.2 Å². The number of benzene rings is 1. The molecule has 1 saturated carbocycles. The van der Waals surface area contributed by atoms with Gasteiger partial charge in [0, 0.05) is 24.7 Å². The monoisotopic (exact) mass is 354 g/mol. The molecule has 2 N–H and O–H groups in total. The summed E-state index contributed by atoms with van der Waals surface area (Å²) < 4.78 is 11.0. The van der Waals surface area contributed by atoms with Gasteiger partial charge in [0.1, 0.15) is 13.2 Å². The smallest absolute Gasteiger partial charge is 0.251 e. The molecule has 3 rings (SSSR count). The summed E-state index contributed by atoms with van der Waals surface area (Å²) >= 11 is 0. The van der Waals surface area contributed by atoms with Gasteiger partial charge in [-0.1, -0.05) is 25.7 Å². The van der Waals surface area contributed by atoms with Crippen molar-refractivity contribution in [1.29, 1.82) is 0 Å². The van der Waals surface area contributed by atoms with Crippen LogP contribution < -0.4 is 20.1 Å². The van der Waals surface area contributed by atoms with Crippen LogP contribution in [0.4, 0.5) is 0 Å². The van der Waals surface area contributed by atoms with Gasteiger partial charge in [-0.05, 0) is 31.0 Å². The normalized spacial score (nSPS) is 17.5. The Kier molecular flexibility index (Phi) is 7.66. The number of carbonyl (C=O) groups excluding carboxylic acids is 1. The molecule has 2 aliphatic rings. The molecule has 0 bridgehead atoms. The summed E-state index contributed by atoms with van der Waals surface area (Å²) in [4.78, 5) is 12.2. The maximum Gasteiger partial charge on any atom is 0.251 e. The number of amides is 1. The van der Waals surface area contributed by atoms with Crippen molar-refractivity contribution in [1.82, 2.24) is 10.6 Å². The van der Waals surface area contributed by atoms with E-state index in [-0.39, 0.29) is 18.3 Å². The van der Waals surface area contributed by atoms with Gasteiger partial charge in [0.15, 0.2) is 11.5 Å². The Morgan fingerprint density at radius 1 is 1.00 bits per heavy atom. The molecule has 0 aromatic heterocycles. The number of rotatable bonds is 5. The molecule has 0 spiro atoms. The highest BCUT2D eigenvalue weighted by Crippen LogP contribution is 2.30. The molecule has 0 unspecified atom stereocenters. The number of halogens is 1. The van der Waals surface area contributed by atoms with Crippen LogP contribution in [0.3, 0.4) is 0 Å². The summed E-state index contributed by atoms with van der Waals surface area (Å²) in [5.74, 6) is 1.30. The van der Waals surface area contributed by atoms with E-state index in [9.17, 15) is 4.79 Å². The van der Waals surface area contributed by atoms with Gasteiger partial charge in [-0.15, -0.1) is 12.4 Å². The Bertz CT molecular complexity index is 531. The van der Waals surface area contributed by atoms with Crippen molar-refractivity contribution in [2.75, 3.05) is 26.3 Å². The molecule has 1 fully saturated rings. The zero-order chi connectivity index (χ0) is 15.9. The van der Waals surface area contributed by atoms with Gasteiger partial charge in [0.05, 0.1) is 0 Å². The Labute approximate surface area is 149 Å². The standard InChI is InChI=1S/C18H26N2O3.ClH/c21-18(14-7-8-16-17(13-14)23-12-11-22-16)20-10-9-19-15-5-3-1-2-4-6-15;/h7-8,13,15,19H,1-6,9-12H2,(H,20,21);1H. The summed E-state index contributed by atoms with van der Waals surface area (Å²) in [5, 5.41) is 6.52. The van der Waals surface area contributed by atoms with E-state index >= 15 is 0 Å². The predicted octanol–water partition coefficient (Wildman–Crippen LogP) is 2.92. The number of ether oxygens (including phenoxy) is 2. The van der Waals surface area contributed by atoms with Crippen molar-refractivity contribution in [3.8, 4) is 11.5 Å². The number of nitrogens with one attached hydrogen (secondary N) is 2. The minimum absolute atomic E-state index is 0. The zero-order valence-corrected chi connectivity index (χ0v) is 14.8. The summed E-state index contributed by atoms with van der Waals surface area (Å²) in [5.41, 5.74) is 0.615. The number of hydrogen-bond acceptors (Lipinski definition) is 4. The largest absolute Gasteiger partial charge is 0.486 e. The van der Waals surface area contributed by atoms with Crippen LogP contribution in [0.1, 0.15) is 48.9 Å². The minimum Gasteiger partial charge on any atom is -0.486 e. The molecule has 5 nitrogen and oxygen atoms in total. The van der Waals surface area contributed by atoms with Crippen molar-refractivity contribution < 1.29 is 14.3 Å². The van der Waals surface area contributed by atoms with Gasteiger partial charge in [-0.3, -0.25) is 4.79 Å². The van der Waals surface area contributed by atoms with Crippen LogP contribution in [-0.4, -0.2) is 38.3 Å². The predicted molar refractivity (Wildman–Crippen MR) is 96.5 cm³/mol. The number of fused-ring (bicyclic) bond motifs is 1. The molecule has 1 aromatic carbocycles. The van der Waals surface area contributed by atoms with Crippen molar-refractivity contribution in [2.24, 2.45) is 0 Å². The molecule has 0 radical (unpaired) electrons. The quantitative estimate of drug-likeness (QED) is 0.630. The molecular formula is C18H27ClN2O3. The lowest BCUT2D eigenvalue weighted by atomic mass is 10.1. The molecule has 134 valence electrons. The third-order valence-electron chi connectivity index (χ3n) is 4.50. The van der Waals surface area contributed by atoms with Crippen LogP contribution in [-0.2, 0) is 0 Å². The second kappa shape index (κ2) is 9.74. The van der Waals surface area contributed by atoms with Crippen molar-refractivity contribution >= 4 is 18.3 Å². The highest BCUT2D eigenvalue weighted by molar-refractivity contribution is 5.94. The average Bonchev–Trinajstić information content (AvgIpc) is 2.87. The van der Waals surface area contributed by atoms with Gasteiger partial charge in [0.2, 0.25) is 0 Å². The van der Waals surface area contributed by atoms with E-state index in [0.29, 0.717) is 42.9 Å². The second-order valence-corrected chi connectivity index (χ2v) is 6.26. The molecule has 1 aromatic rings. The maximum absolute atomic E-state index is 12.2. The van der Waals surface area contributed by atoms with E-state index < -0.39 is 0 Å². The van der Waals surface area contributed by atoms with Gasteiger partial charge < -0.3 is 20.1 Å². The molecule has 1 aliphatic heterocycles. The summed E-state index contributed by atoms with van der Waals surface area (Å²) in [6, 6.07) is 5.95. The van der Waals surface area contributed by atoms with Gasteiger partial charge in [-0.2, -0.15) is 0 Å². The van der Waals surface area contributed by atoms with Crippen LogP contribution in [0, 0.1) is 0 Å². The average molecular weight is 355 g/mol. The van der Waals surface area contributed by atoms with E-state index in [1.54, 1.807) is 18.2 Å². The molecule has 0 saturated heterocycles. The van der Waals surface area contributed by atoms with Crippen LogP contribution in [0.5, 0.6) is 11.5 Å². The SMILES string of the molecule is Cl.O=C(NCCNC1CCCCCC1)c1ccc2c(c1)OCCO2. The zero-order valence-electron chi connectivity index (χ0n) is 14.0. The Balaban J connectivity index is 0.00000208. The second-order valence-electron chi connectivity index (χ2n) is 6.26. The van der Waals surface area contributed by atoms with E-state index in [1.807, 2.05) is 0 Å². The van der Waals surface area contributed by atoms with E-state index in [1.165, 1.54) is 38.5 Å². The van der Waals surface area contributed by atoms with Crippen molar-refractivity contribution in [2.45, 2.75) is 44.6 Å². The Morgan fingerprint density at radius 2 is 1.71 bits per heavy atom. The molecular weight excluding hydrogens is 328 g/mol. The fourth-order valence-corrected chi connectivity index (χ4v) is 3.22. The van der Waals surface area contributed by atoms with Crippen molar-refractivity contribution in [3.05, 3.63) is 23.8 Å². The summed E-state index contributed by atoms with van der Waals surface area (Å²) in [6.07, 6.45) is 7.88. The first kappa shape index (κ1) is 18.9. The van der Waals surface area contributed by atoms with Crippen LogP contribution in [0.2, 0.25) is 0 Å². The first-order valence-corrected chi connectivity index (χ1v) is 8.74. The van der Waals surface area contributed by atoms with E-state index in [0.717, 1.165) is 6.54 Å². The first-order valence-electron chi connectivity index (χ1n) is 8.74. The fourth-order valence-electron chi connectivity index (χ4n) is 3.22. The lowest BCUT2D eigenvalue weighted by Gasteiger charge is -2.19. The lowest BCUT2D eigenvalue weighted by Crippen LogP contribution is -2.36. The van der Waals surface area contributed by atoms with Crippen molar-refractivity contribution in [3.63, 3.8) is 0 Å². The Morgan fingerprint density at radius 3 is 2.46 bits per heavy atom. The molecule has 0 atom stereocenters. The fraction of sp³-hybridized carbons (Fsp3) is 0.611. The highest BCUT2D eigenvalue weighted by Gasteiger charge is 2.15. The van der Waals surface area contributed by atoms with Gasteiger partial charge in [-0.25, -0.2) is 0 Å². The molecule has 24 heavy (non-hydrogen) atoms. The lowest BCUT2D eigenvalue weighted by molar-refractivity contribution is 0.0952. The first-order chi connectivity index (χ1) is 11.3. The molecule has 1 aliphatic carbocycles. The molecule has 1 amide bonds. The third kappa shape index (κ3) is 5.28. The number of carbonyl (C=O) groups is 1. The summed E-state index contributed by atoms with van der Waals surface area (Å²) in [6.45, 7) is 2.56. The third-order valence-corrected chi connectivity index (χ3v) is 4.50. The van der Waals surface area contributed by atoms with Crippen LogP contribution in [0.25, 0.3) is 0 Å². The van der Waals surface area contributed by atoms with E-state index in [2.05, 4.69) is 10.6 Å². The molecule has 6 heteroatoms. The minimum atomic E-state index is -0.0651. The highest BCUT2D eigenvalue weighted by atomic mass is 35.5. The maximum atomic E-state index is 12.2.